The number of hydrogen-bond acceptors (Lipinski definition) is 2. The first-order valence-electron chi connectivity index (χ1n) is 6.38. The Morgan fingerprint density at radius 1 is 1.26 bits per heavy atom. The number of nitrogens with zero attached hydrogens (tertiary/aromatic N) is 3. The molecule has 4 heteroatoms. The standard InChI is InChI=1S/C15H16ClN3/c16-8-2-1-3-15(19-10-9-18-12-19)14-6-4-13(11-17)5-7-14/h4-7,9-10,12,15H,1-3,8H2. The molecule has 0 amide bonds. The Morgan fingerprint density at radius 2 is 2.05 bits per heavy atom. The van der Waals surface area contributed by atoms with Crippen LogP contribution in [0.4, 0.5) is 0 Å². The summed E-state index contributed by atoms with van der Waals surface area (Å²) in [6, 6.07) is 10.2. The van der Waals surface area contributed by atoms with Crippen LogP contribution in [0.2, 0.25) is 0 Å². The summed E-state index contributed by atoms with van der Waals surface area (Å²) in [6.07, 6.45) is 8.72. The lowest BCUT2D eigenvalue weighted by Crippen LogP contribution is -2.09. The van der Waals surface area contributed by atoms with Crippen molar-refractivity contribution in [2.75, 3.05) is 5.88 Å². The monoisotopic (exact) mass is 273 g/mol. The maximum absolute atomic E-state index is 8.84. The molecule has 0 aliphatic heterocycles. The zero-order valence-corrected chi connectivity index (χ0v) is 11.4. The third kappa shape index (κ3) is 3.59. The average Bonchev–Trinajstić information content (AvgIpc) is 2.98. The molecular formula is C15H16ClN3. The third-order valence-corrected chi connectivity index (χ3v) is 3.44. The molecule has 3 nitrogen and oxygen atoms in total. The van der Waals surface area contributed by atoms with E-state index >= 15 is 0 Å². The summed E-state index contributed by atoms with van der Waals surface area (Å²) < 4.78 is 2.11. The van der Waals surface area contributed by atoms with Gasteiger partial charge in [-0.2, -0.15) is 5.26 Å². The molecule has 2 rings (SSSR count). The van der Waals surface area contributed by atoms with Crippen molar-refractivity contribution in [3.8, 4) is 6.07 Å². The van der Waals surface area contributed by atoms with Crippen molar-refractivity contribution in [2.24, 2.45) is 0 Å². The zero-order valence-electron chi connectivity index (χ0n) is 10.7. The van der Waals surface area contributed by atoms with E-state index in [1.54, 1.807) is 6.20 Å². The molecule has 19 heavy (non-hydrogen) atoms. The highest BCUT2D eigenvalue weighted by atomic mass is 35.5. The normalized spacial score (nSPS) is 12.0. The van der Waals surface area contributed by atoms with Gasteiger partial charge in [-0.15, -0.1) is 11.6 Å². The molecule has 0 fully saturated rings. The molecule has 1 aromatic heterocycles. The Bertz CT molecular complexity index is 526. The van der Waals surface area contributed by atoms with Crippen molar-refractivity contribution in [2.45, 2.75) is 25.3 Å². The van der Waals surface area contributed by atoms with Crippen LogP contribution in [0.15, 0.2) is 43.0 Å². The van der Waals surface area contributed by atoms with Gasteiger partial charge in [-0.1, -0.05) is 12.1 Å². The zero-order chi connectivity index (χ0) is 13.5. The Morgan fingerprint density at radius 3 is 2.63 bits per heavy atom. The van der Waals surface area contributed by atoms with Gasteiger partial charge in [0.2, 0.25) is 0 Å². The number of imidazole rings is 1. The number of benzene rings is 1. The van der Waals surface area contributed by atoms with E-state index in [0.717, 1.165) is 19.3 Å². The minimum atomic E-state index is 0.262. The summed E-state index contributed by atoms with van der Waals surface area (Å²) in [5.74, 6) is 0.698. The number of rotatable bonds is 6. The van der Waals surface area contributed by atoms with E-state index in [1.807, 2.05) is 36.8 Å². The minimum absolute atomic E-state index is 0.262. The van der Waals surface area contributed by atoms with Crippen LogP contribution in [0.5, 0.6) is 0 Å². The lowest BCUT2D eigenvalue weighted by Gasteiger charge is -2.19. The maximum atomic E-state index is 8.84. The molecule has 0 radical (unpaired) electrons. The molecule has 0 spiro atoms. The van der Waals surface area contributed by atoms with Gasteiger partial charge in [0, 0.05) is 18.3 Å². The summed E-state index contributed by atoms with van der Waals surface area (Å²) in [5, 5.41) is 8.84. The van der Waals surface area contributed by atoms with Crippen LogP contribution in [0.3, 0.4) is 0 Å². The van der Waals surface area contributed by atoms with E-state index in [9.17, 15) is 0 Å². The molecule has 1 aromatic carbocycles. The van der Waals surface area contributed by atoms with Crippen LogP contribution in [-0.2, 0) is 0 Å². The van der Waals surface area contributed by atoms with E-state index in [-0.39, 0.29) is 6.04 Å². The van der Waals surface area contributed by atoms with E-state index in [2.05, 4.69) is 15.6 Å². The molecular weight excluding hydrogens is 258 g/mol. The van der Waals surface area contributed by atoms with E-state index in [1.165, 1.54) is 5.56 Å². The number of nitriles is 1. The van der Waals surface area contributed by atoms with Gasteiger partial charge in [-0.25, -0.2) is 4.98 Å². The van der Waals surface area contributed by atoms with Crippen LogP contribution in [-0.4, -0.2) is 15.4 Å². The number of hydrogen-bond donors (Lipinski definition) is 0. The maximum Gasteiger partial charge on any atom is 0.0991 e. The second kappa shape index (κ2) is 6.96. The lowest BCUT2D eigenvalue weighted by atomic mass is 10.00. The summed E-state index contributed by atoms with van der Waals surface area (Å²) in [4.78, 5) is 4.12. The van der Waals surface area contributed by atoms with Gasteiger partial charge in [0.05, 0.1) is 24.0 Å². The van der Waals surface area contributed by atoms with Gasteiger partial charge in [0.1, 0.15) is 0 Å². The summed E-state index contributed by atoms with van der Waals surface area (Å²) in [5.41, 5.74) is 1.89. The summed E-state index contributed by atoms with van der Waals surface area (Å²) >= 11 is 5.74. The van der Waals surface area contributed by atoms with Gasteiger partial charge in [-0.3, -0.25) is 0 Å². The molecule has 1 heterocycles. The van der Waals surface area contributed by atoms with E-state index in [0.29, 0.717) is 11.4 Å². The summed E-state index contributed by atoms with van der Waals surface area (Å²) in [7, 11) is 0. The molecule has 0 N–H and O–H groups in total. The number of aromatic nitrogens is 2. The van der Waals surface area contributed by atoms with E-state index in [4.69, 9.17) is 16.9 Å². The fourth-order valence-corrected chi connectivity index (χ4v) is 2.34. The molecule has 0 aliphatic carbocycles. The van der Waals surface area contributed by atoms with Crippen molar-refractivity contribution in [1.82, 2.24) is 9.55 Å². The van der Waals surface area contributed by atoms with Gasteiger partial charge < -0.3 is 4.57 Å². The fourth-order valence-electron chi connectivity index (χ4n) is 2.15. The second-order valence-corrected chi connectivity index (χ2v) is 4.82. The average molecular weight is 274 g/mol. The van der Waals surface area contributed by atoms with Crippen molar-refractivity contribution in [3.05, 3.63) is 54.1 Å². The van der Waals surface area contributed by atoms with Crippen LogP contribution >= 0.6 is 11.6 Å². The quantitative estimate of drug-likeness (QED) is 0.594. The topological polar surface area (TPSA) is 41.6 Å². The Hall–Kier alpha value is -1.79. The first-order chi connectivity index (χ1) is 9.35. The molecule has 0 saturated heterocycles. The number of halogens is 1. The Kier molecular flexibility index (Phi) is 5.00. The van der Waals surface area contributed by atoms with Crippen LogP contribution < -0.4 is 0 Å². The van der Waals surface area contributed by atoms with Gasteiger partial charge >= 0.3 is 0 Å². The largest absolute Gasteiger partial charge is 0.330 e. The summed E-state index contributed by atoms with van der Waals surface area (Å²) in [6.45, 7) is 0. The first kappa shape index (κ1) is 13.6. The van der Waals surface area contributed by atoms with E-state index < -0.39 is 0 Å². The Labute approximate surface area is 118 Å². The molecule has 0 aliphatic rings. The molecule has 1 atom stereocenters. The van der Waals surface area contributed by atoms with Crippen molar-refractivity contribution >= 4 is 11.6 Å². The first-order valence-corrected chi connectivity index (χ1v) is 6.92. The van der Waals surface area contributed by atoms with Crippen LogP contribution in [0, 0.1) is 11.3 Å². The van der Waals surface area contributed by atoms with Crippen molar-refractivity contribution < 1.29 is 0 Å². The lowest BCUT2D eigenvalue weighted by molar-refractivity contribution is 0.516. The predicted molar refractivity (Wildman–Crippen MR) is 76.1 cm³/mol. The van der Waals surface area contributed by atoms with Crippen LogP contribution in [0.25, 0.3) is 0 Å². The fraction of sp³-hybridized carbons (Fsp3) is 0.333. The number of unbranched alkanes of at least 4 members (excludes halogenated alkanes) is 1. The minimum Gasteiger partial charge on any atom is -0.330 e. The third-order valence-electron chi connectivity index (χ3n) is 3.17. The SMILES string of the molecule is N#Cc1ccc(C(CCCCCl)n2ccnc2)cc1. The highest BCUT2D eigenvalue weighted by Crippen LogP contribution is 2.24. The van der Waals surface area contributed by atoms with Gasteiger partial charge in [0.15, 0.2) is 0 Å². The van der Waals surface area contributed by atoms with Crippen molar-refractivity contribution in [3.63, 3.8) is 0 Å². The number of alkyl halides is 1. The van der Waals surface area contributed by atoms with Crippen LogP contribution in [0.1, 0.15) is 36.4 Å². The predicted octanol–water partition coefficient (Wildman–Crippen LogP) is 3.75. The molecule has 2 aromatic rings. The highest BCUT2D eigenvalue weighted by molar-refractivity contribution is 6.17. The van der Waals surface area contributed by atoms with Gasteiger partial charge in [-0.05, 0) is 37.0 Å². The molecule has 0 bridgehead atoms. The highest BCUT2D eigenvalue weighted by Gasteiger charge is 2.12. The molecule has 98 valence electrons. The van der Waals surface area contributed by atoms with Gasteiger partial charge in [0.25, 0.3) is 0 Å². The smallest absolute Gasteiger partial charge is 0.0991 e. The molecule has 0 saturated carbocycles. The second-order valence-electron chi connectivity index (χ2n) is 4.44. The van der Waals surface area contributed by atoms with Crippen molar-refractivity contribution in [1.29, 1.82) is 5.26 Å². The Balaban J connectivity index is 2.18. The molecule has 1 unspecified atom stereocenters.